The molecule has 1 aliphatic rings. The van der Waals surface area contributed by atoms with Crippen molar-refractivity contribution in [1.29, 1.82) is 0 Å². The van der Waals surface area contributed by atoms with E-state index in [0.29, 0.717) is 49.4 Å². The summed E-state index contributed by atoms with van der Waals surface area (Å²) in [6.45, 7) is 4.13. The molecule has 0 aromatic heterocycles. The molecular formula is C27H21BrCl2N2O5. The number of hydrogen-bond acceptors (Lipinski definition) is 5. The van der Waals surface area contributed by atoms with Crippen LogP contribution in [0.3, 0.4) is 0 Å². The quantitative estimate of drug-likeness (QED) is 0.240. The number of nitrogens with zero attached hydrogens (tertiary/aromatic N) is 1. The van der Waals surface area contributed by atoms with Gasteiger partial charge in [0.15, 0.2) is 11.5 Å². The summed E-state index contributed by atoms with van der Waals surface area (Å²) in [6, 6.07) is 14.5. The number of ether oxygens (including phenoxy) is 2. The number of imide groups is 2. The van der Waals surface area contributed by atoms with Crippen LogP contribution in [0.15, 0.2) is 64.6 Å². The molecule has 4 amide bonds. The summed E-state index contributed by atoms with van der Waals surface area (Å²) in [5.41, 5.74) is 2.22. The molecule has 1 fully saturated rings. The molecule has 10 heteroatoms. The third-order valence-electron chi connectivity index (χ3n) is 5.46. The van der Waals surface area contributed by atoms with Crippen LogP contribution in [-0.2, 0) is 16.2 Å². The minimum Gasteiger partial charge on any atom is -0.490 e. The maximum absolute atomic E-state index is 13.2. The van der Waals surface area contributed by atoms with E-state index in [9.17, 15) is 14.4 Å². The van der Waals surface area contributed by atoms with E-state index in [4.69, 9.17) is 32.7 Å². The van der Waals surface area contributed by atoms with Crippen molar-refractivity contribution in [2.24, 2.45) is 0 Å². The summed E-state index contributed by atoms with van der Waals surface area (Å²) in [5.74, 6) is -0.751. The van der Waals surface area contributed by atoms with Gasteiger partial charge in [-0.05, 0) is 77.8 Å². The SMILES string of the molecule is CCOc1cc(/C=C2\C(=O)NC(=O)N(c3ccc(C)cc3)C2=O)cc(Br)c1OCc1c(Cl)cccc1Cl. The van der Waals surface area contributed by atoms with Gasteiger partial charge in [0.2, 0.25) is 0 Å². The van der Waals surface area contributed by atoms with Crippen LogP contribution >= 0.6 is 39.1 Å². The van der Waals surface area contributed by atoms with E-state index in [1.807, 2.05) is 13.8 Å². The minimum atomic E-state index is -0.811. The Kier molecular flexibility index (Phi) is 8.22. The summed E-state index contributed by atoms with van der Waals surface area (Å²) in [5, 5.41) is 3.16. The van der Waals surface area contributed by atoms with Crippen LogP contribution < -0.4 is 19.7 Å². The first-order valence-electron chi connectivity index (χ1n) is 11.2. The standard InChI is InChI=1S/C27H21BrCl2N2O5/c1-3-36-23-13-16(12-20(28)24(23)37-14-19-21(29)5-4-6-22(19)30)11-18-25(33)31-27(35)32(26(18)34)17-9-7-15(2)8-10-17/h4-13H,3,14H2,1-2H3,(H,31,33,35)/b18-11+. The van der Waals surface area contributed by atoms with Gasteiger partial charge < -0.3 is 9.47 Å². The van der Waals surface area contributed by atoms with Gasteiger partial charge in [-0.1, -0.05) is 47.0 Å². The van der Waals surface area contributed by atoms with Gasteiger partial charge in [0.25, 0.3) is 11.8 Å². The van der Waals surface area contributed by atoms with Crippen molar-refractivity contribution >= 4 is 68.7 Å². The number of rotatable bonds is 7. The molecule has 7 nitrogen and oxygen atoms in total. The van der Waals surface area contributed by atoms with Crippen molar-refractivity contribution in [3.05, 3.63) is 91.4 Å². The molecule has 1 N–H and O–H groups in total. The van der Waals surface area contributed by atoms with Crippen LogP contribution in [0.25, 0.3) is 6.08 Å². The Labute approximate surface area is 232 Å². The van der Waals surface area contributed by atoms with Crippen molar-refractivity contribution in [2.45, 2.75) is 20.5 Å². The fraction of sp³-hybridized carbons (Fsp3) is 0.148. The number of aryl methyl sites for hydroxylation is 1. The number of carbonyl (C=O) groups excluding carboxylic acids is 3. The van der Waals surface area contributed by atoms with Gasteiger partial charge in [-0.25, -0.2) is 9.69 Å². The third kappa shape index (κ3) is 5.82. The van der Waals surface area contributed by atoms with Gasteiger partial charge in [0, 0.05) is 15.6 Å². The molecule has 0 radical (unpaired) electrons. The lowest BCUT2D eigenvalue weighted by molar-refractivity contribution is -0.122. The molecule has 3 aromatic carbocycles. The van der Waals surface area contributed by atoms with E-state index in [1.165, 1.54) is 6.08 Å². The van der Waals surface area contributed by atoms with Gasteiger partial charge in [-0.2, -0.15) is 0 Å². The normalized spacial score (nSPS) is 14.7. The number of anilines is 1. The number of nitrogens with one attached hydrogen (secondary N) is 1. The molecule has 3 aromatic rings. The van der Waals surface area contributed by atoms with Gasteiger partial charge in [-0.3, -0.25) is 14.9 Å². The number of amides is 4. The molecule has 1 heterocycles. The number of benzene rings is 3. The Hall–Kier alpha value is -3.33. The van der Waals surface area contributed by atoms with Gasteiger partial charge in [-0.15, -0.1) is 0 Å². The topological polar surface area (TPSA) is 84.9 Å². The van der Waals surface area contributed by atoms with Crippen molar-refractivity contribution in [3.63, 3.8) is 0 Å². The van der Waals surface area contributed by atoms with Crippen molar-refractivity contribution in [1.82, 2.24) is 5.32 Å². The molecule has 1 saturated heterocycles. The third-order valence-corrected chi connectivity index (χ3v) is 6.76. The van der Waals surface area contributed by atoms with Crippen LogP contribution in [0, 0.1) is 6.92 Å². The maximum Gasteiger partial charge on any atom is 0.335 e. The Bertz CT molecular complexity index is 1400. The van der Waals surface area contributed by atoms with Crippen molar-refractivity contribution in [2.75, 3.05) is 11.5 Å². The van der Waals surface area contributed by atoms with E-state index in [-0.39, 0.29) is 12.2 Å². The highest BCUT2D eigenvalue weighted by atomic mass is 79.9. The molecule has 0 bridgehead atoms. The lowest BCUT2D eigenvalue weighted by atomic mass is 10.1. The van der Waals surface area contributed by atoms with Gasteiger partial charge in [0.05, 0.1) is 16.8 Å². The molecule has 0 atom stereocenters. The van der Waals surface area contributed by atoms with E-state index in [1.54, 1.807) is 54.6 Å². The van der Waals surface area contributed by atoms with Crippen molar-refractivity contribution < 1.29 is 23.9 Å². The fourth-order valence-corrected chi connectivity index (χ4v) is 4.72. The highest BCUT2D eigenvalue weighted by molar-refractivity contribution is 9.10. The van der Waals surface area contributed by atoms with Crippen LogP contribution in [0.1, 0.15) is 23.6 Å². The van der Waals surface area contributed by atoms with E-state index < -0.39 is 17.8 Å². The largest absolute Gasteiger partial charge is 0.490 e. The molecule has 37 heavy (non-hydrogen) atoms. The predicted octanol–water partition coefficient (Wildman–Crippen LogP) is 6.71. The maximum atomic E-state index is 13.2. The number of hydrogen-bond donors (Lipinski definition) is 1. The van der Waals surface area contributed by atoms with Gasteiger partial charge in [0.1, 0.15) is 12.2 Å². The molecule has 0 saturated carbocycles. The summed E-state index contributed by atoms with van der Waals surface area (Å²) in [7, 11) is 0. The molecule has 0 spiro atoms. The molecule has 190 valence electrons. The average Bonchev–Trinajstić information content (AvgIpc) is 2.84. The van der Waals surface area contributed by atoms with E-state index in [2.05, 4.69) is 21.2 Å². The zero-order chi connectivity index (χ0) is 26.7. The monoisotopic (exact) mass is 602 g/mol. The average molecular weight is 604 g/mol. The molecule has 1 aliphatic heterocycles. The molecule has 0 unspecified atom stereocenters. The van der Waals surface area contributed by atoms with Crippen LogP contribution in [-0.4, -0.2) is 24.5 Å². The number of carbonyl (C=O) groups is 3. The Morgan fingerprint density at radius 1 is 1.00 bits per heavy atom. The second-order valence-corrected chi connectivity index (χ2v) is 9.71. The lowest BCUT2D eigenvalue weighted by Crippen LogP contribution is -2.54. The van der Waals surface area contributed by atoms with Crippen LogP contribution in [0.2, 0.25) is 10.0 Å². The fourth-order valence-electron chi connectivity index (χ4n) is 3.64. The predicted molar refractivity (Wildman–Crippen MR) is 146 cm³/mol. The smallest absolute Gasteiger partial charge is 0.335 e. The number of barbiturate groups is 1. The second-order valence-electron chi connectivity index (χ2n) is 8.05. The van der Waals surface area contributed by atoms with Gasteiger partial charge >= 0.3 is 6.03 Å². The van der Waals surface area contributed by atoms with Crippen LogP contribution in [0.5, 0.6) is 11.5 Å². The highest BCUT2D eigenvalue weighted by Crippen LogP contribution is 2.39. The summed E-state index contributed by atoms with van der Waals surface area (Å²) in [6.07, 6.45) is 1.40. The Morgan fingerprint density at radius 2 is 1.68 bits per heavy atom. The van der Waals surface area contributed by atoms with Crippen molar-refractivity contribution in [3.8, 4) is 11.5 Å². The second kappa shape index (κ2) is 11.4. The molecular weight excluding hydrogens is 583 g/mol. The zero-order valence-corrected chi connectivity index (χ0v) is 22.9. The Balaban J connectivity index is 1.67. The number of halogens is 3. The first-order chi connectivity index (χ1) is 17.7. The lowest BCUT2D eigenvalue weighted by Gasteiger charge is -2.26. The Morgan fingerprint density at radius 3 is 2.32 bits per heavy atom. The highest BCUT2D eigenvalue weighted by Gasteiger charge is 2.36. The first-order valence-corrected chi connectivity index (χ1v) is 12.7. The molecule has 0 aliphatic carbocycles. The first kappa shape index (κ1) is 26.7. The summed E-state index contributed by atoms with van der Waals surface area (Å²) >= 11 is 16.0. The summed E-state index contributed by atoms with van der Waals surface area (Å²) in [4.78, 5) is 39.2. The zero-order valence-electron chi connectivity index (χ0n) is 19.8. The van der Waals surface area contributed by atoms with Crippen LogP contribution in [0.4, 0.5) is 10.5 Å². The molecule has 4 rings (SSSR count). The number of urea groups is 1. The van der Waals surface area contributed by atoms with E-state index in [0.717, 1.165) is 10.5 Å². The summed E-state index contributed by atoms with van der Waals surface area (Å²) < 4.78 is 12.3. The minimum absolute atomic E-state index is 0.0894. The van der Waals surface area contributed by atoms with E-state index >= 15 is 0 Å².